The molecule has 0 aliphatic heterocycles. The van der Waals surface area contributed by atoms with Crippen molar-refractivity contribution in [3.8, 4) is 0 Å². The second kappa shape index (κ2) is 6.22. The number of nitrogens with one attached hydrogen (secondary N) is 1. The van der Waals surface area contributed by atoms with E-state index >= 15 is 0 Å². The standard InChI is InChI=1S/C14H12Br3N/c1-9(10-5-7-11(15)8-6-10)18-14-12(16)3-2-4-13(14)17/h2-9,18H,1H3. The number of hydrogen-bond donors (Lipinski definition) is 1. The topological polar surface area (TPSA) is 12.0 Å². The quantitative estimate of drug-likeness (QED) is 0.612. The molecule has 2 rings (SSSR count). The van der Waals surface area contributed by atoms with Crippen LogP contribution in [0.5, 0.6) is 0 Å². The van der Waals surface area contributed by atoms with Crippen LogP contribution in [-0.2, 0) is 0 Å². The molecule has 94 valence electrons. The minimum Gasteiger partial charge on any atom is -0.377 e. The Hall–Kier alpha value is -0.320. The molecule has 0 radical (unpaired) electrons. The first kappa shape index (κ1) is 14.1. The fourth-order valence-electron chi connectivity index (χ4n) is 1.69. The fraction of sp³-hybridized carbons (Fsp3) is 0.143. The normalized spacial score (nSPS) is 12.2. The third kappa shape index (κ3) is 3.37. The third-order valence-electron chi connectivity index (χ3n) is 2.69. The summed E-state index contributed by atoms with van der Waals surface area (Å²) in [5.41, 5.74) is 2.33. The molecule has 1 unspecified atom stereocenters. The monoisotopic (exact) mass is 431 g/mol. The second-order valence-corrected chi connectivity index (χ2v) is 6.64. The first-order valence-corrected chi connectivity index (χ1v) is 7.92. The van der Waals surface area contributed by atoms with E-state index in [4.69, 9.17) is 0 Å². The molecule has 4 heteroatoms. The van der Waals surface area contributed by atoms with Crippen molar-refractivity contribution >= 4 is 53.5 Å². The smallest absolute Gasteiger partial charge is 0.0633 e. The maximum Gasteiger partial charge on any atom is 0.0633 e. The highest BCUT2D eigenvalue weighted by Gasteiger charge is 2.09. The summed E-state index contributed by atoms with van der Waals surface area (Å²) in [7, 11) is 0. The molecule has 1 nitrogen and oxygen atoms in total. The summed E-state index contributed by atoms with van der Waals surface area (Å²) < 4.78 is 3.21. The number of anilines is 1. The van der Waals surface area contributed by atoms with Crippen LogP contribution in [0.1, 0.15) is 18.5 Å². The van der Waals surface area contributed by atoms with Gasteiger partial charge in [0.05, 0.1) is 5.69 Å². The lowest BCUT2D eigenvalue weighted by Gasteiger charge is -2.18. The SMILES string of the molecule is CC(Nc1c(Br)cccc1Br)c1ccc(Br)cc1. The van der Waals surface area contributed by atoms with Crippen LogP contribution in [-0.4, -0.2) is 0 Å². The average Bonchev–Trinajstić information content (AvgIpc) is 2.34. The largest absolute Gasteiger partial charge is 0.377 e. The fourth-order valence-corrected chi connectivity index (χ4v) is 3.18. The Morgan fingerprint density at radius 3 is 2.00 bits per heavy atom. The van der Waals surface area contributed by atoms with Crippen LogP contribution in [0.25, 0.3) is 0 Å². The Morgan fingerprint density at radius 1 is 0.889 bits per heavy atom. The van der Waals surface area contributed by atoms with Gasteiger partial charge in [-0.3, -0.25) is 0 Å². The Bertz CT molecular complexity index is 517. The molecular formula is C14H12Br3N. The number of rotatable bonds is 3. The zero-order chi connectivity index (χ0) is 13.1. The molecule has 2 aromatic rings. The molecular weight excluding hydrogens is 422 g/mol. The van der Waals surface area contributed by atoms with E-state index in [2.05, 4.69) is 84.3 Å². The van der Waals surface area contributed by atoms with Gasteiger partial charge >= 0.3 is 0 Å². The van der Waals surface area contributed by atoms with Crippen molar-refractivity contribution in [1.82, 2.24) is 0 Å². The van der Waals surface area contributed by atoms with Crippen LogP contribution >= 0.6 is 47.8 Å². The number of halogens is 3. The van der Waals surface area contributed by atoms with E-state index in [1.54, 1.807) is 0 Å². The van der Waals surface area contributed by atoms with Crippen molar-refractivity contribution in [3.63, 3.8) is 0 Å². The van der Waals surface area contributed by atoms with Crippen molar-refractivity contribution in [2.75, 3.05) is 5.32 Å². The van der Waals surface area contributed by atoms with Gasteiger partial charge in [0.25, 0.3) is 0 Å². The molecule has 1 N–H and O–H groups in total. The molecule has 0 aromatic heterocycles. The molecule has 18 heavy (non-hydrogen) atoms. The molecule has 0 aliphatic rings. The minimum atomic E-state index is 0.244. The molecule has 2 aromatic carbocycles. The minimum absolute atomic E-state index is 0.244. The molecule has 0 amide bonds. The van der Waals surface area contributed by atoms with E-state index < -0.39 is 0 Å². The zero-order valence-electron chi connectivity index (χ0n) is 9.75. The van der Waals surface area contributed by atoms with Gasteiger partial charge < -0.3 is 5.32 Å². The van der Waals surface area contributed by atoms with Crippen LogP contribution < -0.4 is 5.32 Å². The Kier molecular flexibility index (Phi) is 4.87. The van der Waals surface area contributed by atoms with Crippen molar-refractivity contribution in [1.29, 1.82) is 0 Å². The van der Waals surface area contributed by atoms with Gasteiger partial charge in [-0.25, -0.2) is 0 Å². The summed E-state index contributed by atoms with van der Waals surface area (Å²) in [5.74, 6) is 0. The van der Waals surface area contributed by atoms with Crippen molar-refractivity contribution < 1.29 is 0 Å². The molecule has 0 aliphatic carbocycles. The number of para-hydroxylation sites is 1. The summed E-state index contributed by atoms with van der Waals surface area (Å²) in [5, 5.41) is 3.51. The zero-order valence-corrected chi connectivity index (χ0v) is 14.5. The predicted molar refractivity (Wildman–Crippen MR) is 88.0 cm³/mol. The lowest BCUT2D eigenvalue weighted by molar-refractivity contribution is 0.882. The summed E-state index contributed by atoms with van der Waals surface area (Å²) in [4.78, 5) is 0. The highest BCUT2D eigenvalue weighted by Crippen LogP contribution is 2.33. The van der Waals surface area contributed by atoms with Gasteiger partial charge in [0, 0.05) is 19.5 Å². The number of hydrogen-bond acceptors (Lipinski definition) is 1. The van der Waals surface area contributed by atoms with Crippen molar-refractivity contribution in [2.45, 2.75) is 13.0 Å². The van der Waals surface area contributed by atoms with Gasteiger partial charge in [0.1, 0.15) is 0 Å². The average molecular weight is 434 g/mol. The van der Waals surface area contributed by atoms with Crippen molar-refractivity contribution in [2.24, 2.45) is 0 Å². The van der Waals surface area contributed by atoms with Crippen LogP contribution in [0.2, 0.25) is 0 Å². The third-order valence-corrected chi connectivity index (χ3v) is 4.54. The summed E-state index contributed by atoms with van der Waals surface area (Å²) in [6.07, 6.45) is 0. The first-order chi connectivity index (χ1) is 8.58. The molecule has 0 saturated carbocycles. The number of benzene rings is 2. The van der Waals surface area contributed by atoms with E-state index in [9.17, 15) is 0 Å². The maximum absolute atomic E-state index is 3.56. The van der Waals surface area contributed by atoms with E-state index in [1.165, 1.54) is 5.56 Å². The predicted octanol–water partition coefficient (Wildman–Crippen LogP) is 6.15. The first-order valence-electron chi connectivity index (χ1n) is 5.54. The molecule has 0 heterocycles. The van der Waals surface area contributed by atoms with E-state index in [0.717, 1.165) is 19.1 Å². The lowest BCUT2D eigenvalue weighted by atomic mass is 10.1. The highest BCUT2D eigenvalue weighted by atomic mass is 79.9. The van der Waals surface area contributed by atoms with Crippen LogP contribution in [0, 0.1) is 0 Å². The van der Waals surface area contributed by atoms with Crippen LogP contribution in [0.4, 0.5) is 5.69 Å². The van der Waals surface area contributed by atoms with Crippen molar-refractivity contribution in [3.05, 3.63) is 61.4 Å². The lowest BCUT2D eigenvalue weighted by Crippen LogP contribution is -2.07. The van der Waals surface area contributed by atoms with E-state index in [0.29, 0.717) is 0 Å². The van der Waals surface area contributed by atoms with Gasteiger partial charge in [0.15, 0.2) is 0 Å². The summed E-state index contributed by atoms with van der Waals surface area (Å²) in [6.45, 7) is 2.15. The van der Waals surface area contributed by atoms with Gasteiger partial charge in [-0.15, -0.1) is 0 Å². The molecule has 1 atom stereocenters. The van der Waals surface area contributed by atoms with Crippen LogP contribution in [0.15, 0.2) is 55.9 Å². The van der Waals surface area contributed by atoms with E-state index in [1.807, 2.05) is 18.2 Å². The Labute approximate surface area is 132 Å². The molecule has 0 spiro atoms. The van der Waals surface area contributed by atoms with Gasteiger partial charge in [-0.05, 0) is 68.6 Å². The van der Waals surface area contributed by atoms with E-state index in [-0.39, 0.29) is 6.04 Å². The Balaban J connectivity index is 2.21. The summed E-state index contributed by atoms with van der Waals surface area (Å²) >= 11 is 10.6. The van der Waals surface area contributed by atoms with Gasteiger partial charge in [0.2, 0.25) is 0 Å². The maximum atomic E-state index is 3.56. The second-order valence-electron chi connectivity index (χ2n) is 4.01. The van der Waals surface area contributed by atoms with Gasteiger partial charge in [-0.2, -0.15) is 0 Å². The molecule has 0 bridgehead atoms. The van der Waals surface area contributed by atoms with Crippen LogP contribution in [0.3, 0.4) is 0 Å². The highest BCUT2D eigenvalue weighted by molar-refractivity contribution is 9.11. The van der Waals surface area contributed by atoms with Gasteiger partial charge in [-0.1, -0.05) is 34.1 Å². The summed E-state index contributed by atoms with van der Waals surface area (Å²) in [6, 6.07) is 14.7. The Morgan fingerprint density at radius 2 is 1.44 bits per heavy atom. The molecule has 0 saturated heterocycles. The molecule has 0 fully saturated rings.